The standard InChI is InChI=1S/C47H54FN7O5/c1-29-31(21-35(48)37-22-40(60-4)32(23-49-37)24-55-27-47(28-55)13-11-41(56)52-47)7-5-8-33(29)34-9-6-10-36(30(34)2)51-43(57)42-50-38-25-54(19-12-39(38)53(42)3)20-18-45-14-16-46(26-45,17-15-45)44(58)59/h5-10,21-23H,11-20,24-28H2,1-4H3,(H,51,57)(H,52,56)(H,58,59)/b35-21-. The Balaban J connectivity index is 0.863. The highest BCUT2D eigenvalue weighted by atomic mass is 19.1. The average Bonchev–Trinajstić information content (AvgIpc) is 4.00. The van der Waals surface area contributed by atoms with Crippen LogP contribution < -0.4 is 15.4 Å². The third-order valence-electron chi connectivity index (χ3n) is 14.6. The number of nitrogens with one attached hydrogen (secondary N) is 2. The smallest absolute Gasteiger partial charge is 0.309 e. The van der Waals surface area contributed by atoms with Gasteiger partial charge in [-0.3, -0.25) is 29.2 Å². The van der Waals surface area contributed by atoms with Crippen molar-refractivity contribution in [2.45, 2.75) is 90.3 Å². The fourth-order valence-corrected chi connectivity index (χ4v) is 11.0. The van der Waals surface area contributed by atoms with E-state index in [1.807, 2.05) is 61.9 Å². The molecule has 0 atom stereocenters. The Hall–Kier alpha value is -5.40. The van der Waals surface area contributed by atoms with Crippen molar-refractivity contribution in [3.63, 3.8) is 0 Å². The molecular weight excluding hydrogens is 762 g/mol. The summed E-state index contributed by atoms with van der Waals surface area (Å²) >= 11 is 0. The fourth-order valence-electron chi connectivity index (χ4n) is 11.0. The van der Waals surface area contributed by atoms with Crippen LogP contribution in [0.25, 0.3) is 23.0 Å². The summed E-state index contributed by atoms with van der Waals surface area (Å²) in [4.78, 5) is 51.5. The van der Waals surface area contributed by atoms with E-state index in [1.54, 1.807) is 19.4 Å². The zero-order chi connectivity index (χ0) is 42.0. The van der Waals surface area contributed by atoms with Crippen LogP contribution in [0.5, 0.6) is 5.75 Å². The Kier molecular flexibility index (Phi) is 10.2. The molecule has 2 saturated heterocycles. The molecule has 2 aromatic heterocycles. The maximum Gasteiger partial charge on any atom is 0.309 e. The lowest BCUT2D eigenvalue weighted by atomic mass is 9.80. The summed E-state index contributed by atoms with van der Waals surface area (Å²) in [5.41, 5.74) is 7.56. The second-order valence-corrected chi connectivity index (χ2v) is 18.2. The normalized spacial score (nSPS) is 23.4. The summed E-state index contributed by atoms with van der Waals surface area (Å²) in [6.45, 7) is 8.55. The molecule has 2 aromatic carbocycles. The number of halogens is 1. The number of likely N-dealkylation sites (tertiary alicyclic amines) is 1. The molecule has 0 radical (unpaired) electrons. The van der Waals surface area contributed by atoms with E-state index in [0.717, 1.165) is 117 Å². The molecule has 9 rings (SSSR count). The number of aromatic nitrogens is 3. The van der Waals surface area contributed by atoms with Crippen LogP contribution in [0.1, 0.15) is 101 Å². The van der Waals surface area contributed by atoms with Crippen molar-refractivity contribution < 1.29 is 28.6 Å². The number of carboxylic acids is 1. The number of pyridine rings is 1. The van der Waals surface area contributed by atoms with Gasteiger partial charge in [-0.2, -0.15) is 0 Å². The molecule has 13 heteroatoms. The van der Waals surface area contributed by atoms with Gasteiger partial charge in [0, 0.05) is 81.8 Å². The molecule has 3 N–H and O–H groups in total. The molecule has 2 aliphatic carbocycles. The van der Waals surface area contributed by atoms with Crippen LogP contribution in [0.4, 0.5) is 10.1 Å². The SMILES string of the molecule is COc1cc(/C(F)=C/c2cccc(-c3cccc(NC(=O)c4nc5c(n4C)CCN(CCC46CCC(C(=O)O)(CC4)C6)C5)c3C)c2C)ncc1CN1CC2(CCC(=O)N2)C1. The fraction of sp³-hybridized carbons (Fsp3) is 0.468. The Morgan fingerprint density at radius 3 is 2.47 bits per heavy atom. The first-order chi connectivity index (χ1) is 28.8. The molecule has 12 nitrogen and oxygen atoms in total. The molecule has 5 heterocycles. The summed E-state index contributed by atoms with van der Waals surface area (Å²) in [7, 11) is 3.48. The minimum Gasteiger partial charge on any atom is -0.496 e. The molecule has 3 aliphatic heterocycles. The number of imidazole rings is 1. The van der Waals surface area contributed by atoms with Gasteiger partial charge in [-0.1, -0.05) is 30.3 Å². The van der Waals surface area contributed by atoms with Gasteiger partial charge < -0.3 is 25.0 Å². The molecule has 2 amide bonds. The van der Waals surface area contributed by atoms with Crippen molar-refractivity contribution >= 4 is 35.4 Å². The molecule has 2 bridgehead atoms. The minimum absolute atomic E-state index is 0.110. The number of hydrogen-bond donors (Lipinski definition) is 3. The van der Waals surface area contributed by atoms with Gasteiger partial charge in [-0.05, 0) is 111 Å². The van der Waals surface area contributed by atoms with Gasteiger partial charge in [0.1, 0.15) is 17.3 Å². The van der Waals surface area contributed by atoms with E-state index in [9.17, 15) is 19.5 Å². The van der Waals surface area contributed by atoms with Gasteiger partial charge >= 0.3 is 5.97 Å². The maximum atomic E-state index is 15.9. The molecule has 314 valence electrons. The van der Waals surface area contributed by atoms with Crippen LogP contribution in [0.15, 0.2) is 48.7 Å². The zero-order valence-corrected chi connectivity index (χ0v) is 35.0. The Morgan fingerprint density at radius 1 is 1.02 bits per heavy atom. The topological polar surface area (TPSA) is 142 Å². The van der Waals surface area contributed by atoms with E-state index >= 15 is 4.39 Å². The third kappa shape index (κ3) is 7.19. The van der Waals surface area contributed by atoms with Crippen LogP contribution in [-0.4, -0.2) is 86.1 Å². The van der Waals surface area contributed by atoms with Crippen molar-refractivity contribution in [1.82, 2.24) is 29.7 Å². The molecule has 4 aromatic rings. The summed E-state index contributed by atoms with van der Waals surface area (Å²) in [6.07, 6.45) is 10.8. The van der Waals surface area contributed by atoms with E-state index in [0.29, 0.717) is 42.3 Å². The van der Waals surface area contributed by atoms with E-state index in [1.165, 1.54) is 6.08 Å². The van der Waals surface area contributed by atoms with Crippen molar-refractivity contribution in [3.8, 4) is 16.9 Å². The van der Waals surface area contributed by atoms with Gasteiger partial charge in [0.15, 0.2) is 5.82 Å². The number of nitrogens with zero attached hydrogens (tertiary/aromatic N) is 5. The highest BCUT2D eigenvalue weighted by Crippen LogP contribution is 2.63. The quantitative estimate of drug-likeness (QED) is 0.137. The lowest BCUT2D eigenvalue weighted by Gasteiger charge is -2.48. The lowest BCUT2D eigenvalue weighted by molar-refractivity contribution is -0.148. The van der Waals surface area contributed by atoms with Crippen molar-refractivity contribution in [1.29, 1.82) is 0 Å². The van der Waals surface area contributed by atoms with Crippen molar-refractivity contribution in [2.75, 3.05) is 38.6 Å². The summed E-state index contributed by atoms with van der Waals surface area (Å²) < 4.78 is 23.5. The summed E-state index contributed by atoms with van der Waals surface area (Å²) in [5.74, 6) is -0.341. The van der Waals surface area contributed by atoms with E-state index < -0.39 is 17.2 Å². The second kappa shape index (κ2) is 15.3. The number of fused-ring (bicyclic) bond motifs is 3. The number of amides is 2. The van der Waals surface area contributed by atoms with Crippen LogP contribution in [0, 0.1) is 24.7 Å². The molecule has 4 fully saturated rings. The van der Waals surface area contributed by atoms with Crippen LogP contribution in [0.2, 0.25) is 0 Å². The Labute approximate surface area is 350 Å². The highest BCUT2D eigenvalue weighted by Gasteiger charge is 2.58. The van der Waals surface area contributed by atoms with Gasteiger partial charge in [0.2, 0.25) is 5.91 Å². The van der Waals surface area contributed by atoms with Gasteiger partial charge in [0.05, 0.1) is 23.8 Å². The molecule has 0 unspecified atom stereocenters. The number of anilines is 1. The first kappa shape index (κ1) is 40.0. The zero-order valence-electron chi connectivity index (χ0n) is 35.0. The first-order valence-corrected chi connectivity index (χ1v) is 21.2. The molecule has 1 spiro atoms. The number of rotatable bonds is 12. The molecule has 5 aliphatic rings. The van der Waals surface area contributed by atoms with E-state index in [-0.39, 0.29) is 28.5 Å². The summed E-state index contributed by atoms with van der Waals surface area (Å²) in [5, 5.41) is 16.1. The van der Waals surface area contributed by atoms with Gasteiger partial charge in [-0.15, -0.1) is 0 Å². The number of methoxy groups -OCH3 is 1. The van der Waals surface area contributed by atoms with E-state index in [2.05, 4.69) is 25.4 Å². The number of carbonyl (C=O) groups excluding carboxylic acids is 2. The summed E-state index contributed by atoms with van der Waals surface area (Å²) in [6, 6.07) is 13.2. The lowest BCUT2D eigenvalue weighted by Crippen LogP contribution is -2.66. The number of carbonyl (C=O) groups is 3. The van der Waals surface area contributed by atoms with Crippen LogP contribution in [-0.2, 0) is 36.1 Å². The van der Waals surface area contributed by atoms with Gasteiger partial charge in [0.25, 0.3) is 5.91 Å². The number of carboxylic acid groups (broad SMARTS) is 1. The van der Waals surface area contributed by atoms with Crippen molar-refractivity contribution in [2.24, 2.45) is 17.9 Å². The average molecular weight is 816 g/mol. The largest absolute Gasteiger partial charge is 0.496 e. The van der Waals surface area contributed by atoms with Crippen LogP contribution >= 0.6 is 0 Å². The predicted octanol–water partition coefficient (Wildman–Crippen LogP) is 7.08. The highest BCUT2D eigenvalue weighted by molar-refractivity contribution is 6.03. The first-order valence-electron chi connectivity index (χ1n) is 21.2. The Morgan fingerprint density at radius 2 is 1.77 bits per heavy atom. The molecular formula is C47H54FN7O5. The monoisotopic (exact) mass is 815 g/mol. The Bertz CT molecular complexity index is 2430. The van der Waals surface area contributed by atoms with Crippen LogP contribution in [0.3, 0.4) is 0 Å². The third-order valence-corrected chi connectivity index (χ3v) is 14.6. The van der Waals surface area contributed by atoms with Gasteiger partial charge in [-0.25, -0.2) is 9.37 Å². The van der Waals surface area contributed by atoms with E-state index in [4.69, 9.17) is 9.72 Å². The number of aliphatic carboxylic acids is 1. The second-order valence-electron chi connectivity index (χ2n) is 18.2. The maximum absolute atomic E-state index is 15.9. The minimum atomic E-state index is -0.622. The number of hydrogen-bond acceptors (Lipinski definition) is 8. The van der Waals surface area contributed by atoms with Crippen molar-refractivity contribution in [3.05, 3.63) is 93.8 Å². The molecule has 2 saturated carbocycles. The predicted molar refractivity (Wildman–Crippen MR) is 227 cm³/mol. The number of benzene rings is 2. The number of ether oxygens (including phenoxy) is 1. The molecule has 60 heavy (non-hydrogen) atoms.